The number of nitrogens with zero attached hydrogens (tertiary/aromatic N) is 2. The normalized spacial score (nSPS) is 11.1. The first kappa shape index (κ1) is 19.0. The minimum atomic E-state index is -0.519. The van der Waals surface area contributed by atoms with E-state index in [0.29, 0.717) is 31.9 Å². The van der Waals surface area contributed by atoms with Crippen molar-refractivity contribution >= 4 is 11.8 Å². The van der Waals surface area contributed by atoms with Crippen LogP contribution in [-0.4, -0.2) is 48.3 Å². The van der Waals surface area contributed by atoms with Crippen LogP contribution in [0.4, 0.5) is 10.5 Å². The third-order valence-electron chi connectivity index (χ3n) is 2.71. The molecule has 0 radical (unpaired) electrons. The first-order valence-electron chi connectivity index (χ1n) is 7.58. The molecule has 2 N–H and O–H groups in total. The highest BCUT2D eigenvalue weighted by Gasteiger charge is 2.15. The molecule has 8 heteroatoms. The summed E-state index contributed by atoms with van der Waals surface area (Å²) in [6.45, 7) is 7.37. The van der Waals surface area contributed by atoms with Gasteiger partial charge in [0.25, 0.3) is 5.56 Å². The summed E-state index contributed by atoms with van der Waals surface area (Å²) in [5.41, 5.74) is -0.0791. The summed E-state index contributed by atoms with van der Waals surface area (Å²) in [5, 5.41) is 9.74. The van der Waals surface area contributed by atoms with Gasteiger partial charge in [0.1, 0.15) is 5.60 Å². The van der Waals surface area contributed by atoms with Crippen LogP contribution in [0.15, 0.2) is 17.1 Å². The van der Waals surface area contributed by atoms with Crippen molar-refractivity contribution in [1.82, 2.24) is 15.1 Å². The highest BCUT2D eigenvalue weighted by atomic mass is 16.6. The lowest BCUT2D eigenvalue weighted by Gasteiger charge is -2.19. The average molecular weight is 326 g/mol. The van der Waals surface area contributed by atoms with Crippen LogP contribution in [0.25, 0.3) is 0 Å². The summed E-state index contributed by atoms with van der Waals surface area (Å²) in [6, 6.07) is 1.48. The maximum absolute atomic E-state index is 11.9. The molecule has 23 heavy (non-hydrogen) atoms. The monoisotopic (exact) mass is 326 g/mol. The quantitative estimate of drug-likeness (QED) is 0.698. The molecule has 0 spiro atoms. The first-order chi connectivity index (χ1) is 10.8. The van der Waals surface area contributed by atoms with E-state index < -0.39 is 11.7 Å². The van der Waals surface area contributed by atoms with Crippen molar-refractivity contribution in [1.29, 1.82) is 0 Å². The zero-order chi connectivity index (χ0) is 17.3. The minimum Gasteiger partial charge on any atom is -0.444 e. The number of rotatable bonds is 8. The van der Waals surface area contributed by atoms with E-state index in [9.17, 15) is 9.59 Å². The standard InChI is InChI=1S/C15H26N4O4/c1-15(2,3)23-14(21)17-7-6-16-12-10-13(20)19(18-11-12)8-5-9-22-4/h10-11,16H,5-9H2,1-4H3,(H,17,21). The Labute approximate surface area is 136 Å². The number of amides is 1. The van der Waals surface area contributed by atoms with Gasteiger partial charge in [0, 0.05) is 39.4 Å². The number of aromatic nitrogens is 2. The molecule has 0 saturated heterocycles. The fourth-order valence-corrected chi connectivity index (χ4v) is 1.74. The number of anilines is 1. The summed E-state index contributed by atoms with van der Waals surface area (Å²) in [5.74, 6) is 0. The molecule has 1 rings (SSSR count). The van der Waals surface area contributed by atoms with E-state index in [4.69, 9.17) is 9.47 Å². The number of hydrogen-bond acceptors (Lipinski definition) is 6. The van der Waals surface area contributed by atoms with Gasteiger partial charge in [-0.2, -0.15) is 5.10 Å². The predicted octanol–water partition coefficient (Wildman–Crippen LogP) is 1.22. The number of aryl methyl sites for hydroxylation is 1. The molecule has 0 fully saturated rings. The van der Waals surface area contributed by atoms with Crippen LogP contribution in [0.2, 0.25) is 0 Å². The molecule has 0 aliphatic rings. The Balaban J connectivity index is 2.34. The third kappa shape index (κ3) is 8.20. The van der Waals surface area contributed by atoms with Crippen molar-refractivity contribution in [3.8, 4) is 0 Å². The number of methoxy groups -OCH3 is 1. The number of alkyl carbamates (subject to hydrolysis) is 1. The number of ether oxygens (including phenoxy) is 2. The lowest BCUT2D eigenvalue weighted by molar-refractivity contribution is 0.0530. The van der Waals surface area contributed by atoms with Crippen molar-refractivity contribution in [3.63, 3.8) is 0 Å². The SMILES string of the molecule is COCCCn1ncc(NCCNC(=O)OC(C)(C)C)cc1=O. The summed E-state index contributed by atoms with van der Waals surface area (Å²) in [6.07, 6.45) is 1.85. The van der Waals surface area contributed by atoms with Crippen LogP contribution in [0, 0.1) is 0 Å². The van der Waals surface area contributed by atoms with Crippen LogP contribution >= 0.6 is 0 Å². The van der Waals surface area contributed by atoms with Gasteiger partial charge >= 0.3 is 6.09 Å². The molecule has 1 amide bonds. The van der Waals surface area contributed by atoms with Gasteiger partial charge < -0.3 is 20.1 Å². The number of nitrogens with one attached hydrogen (secondary N) is 2. The fourth-order valence-electron chi connectivity index (χ4n) is 1.74. The van der Waals surface area contributed by atoms with Gasteiger partial charge in [0.05, 0.1) is 11.9 Å². The highest BCUT2D eigenvalue weighted by Crippen LogP contribution is 2.06. The van der Waals surface area contributed by atoms with E-state index in [1.807, 2.05) is 0 Å². The second-order valence-corrected chi connectivity index (χ2v) is 6.01. The van der Waals surface area contributed by atoms with Gasteiger partial charge in [-0.05, 0) is 27.2 Å². The summed E-state index contributed by atoms with van der Waals surface area (Å²) >= 11 is 0. The predicted molar refractivity (Wildman–Crippen MR) is 87.7 cm³/mol. The lowest BCUT2D eigenvalue weighted by atomic mass is 10.2. The Morgan fingerprint density at radius 2 is 2.09 bits per heavy atom. The fraction of sp³-hybridized carbons (Fsp3) is 0.667. The minimum absolute atomic E-state index is 0.175. The molecule has 0 bridgehead atoms. The Morgan fingerprint density at radius 3 is 2.70 bits per heavy atom. The number of hydrogen-bond donors (Lipinski definition) is 2. The van der Waals surface area contributed by atoms with E-state index >= 15 is 0 Å². The highest BCUT2D eigenvalue weighted by molar-refractivity contribution is 5.67. The molecular weight excluding hydrogens is 300 g/mol. The maximum atomic E-state index is 11.9. The molecular formula is C15H26N4O4. The van der Waals surface area contributed by atoms with Crippen LogP contribution in [0.1, 0.15) is 27.2 Å². The van der Waals surface area contributed by atoms with E-state index in [2.05, 4.69) is 15.7 Å². The maximum Gasteiger partial charge on any atom is 0.407 e. The zero-order valence-electron chi connectivity index (χ0n) is 14.2. The molecule has 0 aliphatic heterocycles. The summed E-state index contributed by atoms with van der Waals surface area (Å²) in [7, 11) is 1.62. The molecule has 130 valence electrons. The summed E-state index contributed by atoms with van der Waals surface area (Å²) in [4.78, 5) is 23.3. The molecule has 1 heterocycles. The van der Waals surface area contributed by atoms with Gasteiger partial charge in [-0.15, -0.1) is 0 Å². The van der Waals surface area contributed by atoms with Gasteiger partial charge in [-0.3, -0.25) is 4.79 Å². The first-order valence-corrected chi connectivity index (χ1v) is 7.58. The third-order valence-corrected chi connectivity index (χ3v) is 2.71. The molecule has 0 unspecified atom stereocenters. The zero-order valence-corrected chi connectivity index (χ0v) is 14.2. The van der Waals surface area contributed by atoms with Crippen LogP contribution in [-0.2, 0) is 16.0 Å². The molecule has 0 atom stereocenters. The second kappa shape index (κ2) is 9.14. The molecule has 0 aliphatic carbocycles. The smallest absolute Gasteiger partial charge is 0.407 e. The van der Waals surface area contributed by atoms with Crippen molar-refractivity contribution in [3.05, 3.63) is 22.6 Å². The molecule has 1 aromatic heterocycles. The van der Waals surface area contributed by atoms with Crippen LogP contribution in [0.5, 0.6) is 0 Å². The average Bonchev–Trinajstić information content (AvgIpc) is 2.44. The largest absolute Gasteiger partial charge is 0.444 e. The Bertz CT molecular complexity index is 551. The molecule has 1 aromatic rings. The van der Waals surface area contributed by atoms with Crippen molar-refractivity contribution < 1.29 is 14.3 Å². The Kier molecular flexibility index (Phi) is 7.53. The second-order valence-electron chi connectivity index (χ2n) is 6.01. The van der Waals surface area contributed by atoms with E-state index in [1.54, 1.807) is 34.1 Å². The number of carbonyl (C=O) groups excluding carboxylic acids is 1. The molecule has 0 aromatic carbocycles. The van der Waals surface area contributed by atoms with E-state index in [-0.39, 0.29) is 5.56 Å². The van der Waals surface area contributed by atoms with Gasteiger partial charge in [0.2, 0.25) is 0 Å². The van der Waals surface area contributed by atoms with Crippen LogP contribution in [0.3, 0.4) is 0 Å². The Morgan fingerprint density at radius 1 is 1.35 bits per heavy atom. The van der Waals surface area contributed by atoms with Gasteiger partial charge in [0.15, 0.2) is 0 Å². The topological polar surface area (TPSA) is 94.5 Å². The lowest BCUT2D eigenvalue weighted by Crippen LogP contribution is -2.35. The van der Waals surface area contributed by atoms with E-state index in [0.717, 1.165) is 6.42 Å². The molecule has 0 saturated carbocycles. The number of carbonyl (C=O) groups is 1. The van der Waals surface area contributed by atoms with Crippen LogP contribution < -0.4 is 16.2 Å². The summed E-state index contributed by atoms with van der Waals surface area (Å²) < 4.78 is 11.5. The Hall–Kier alpha value is -2.09. The van der Waals surface area contributed by atoms with Gasteiger partial charge in [-0.25, -0.2) is 9.48 Å². The van der Waals surface area contributed by atoms with Crippen molar-refractivity contribution in [2.24, 2.45) is 0 Å². The van der Waals surface area contributed by atoms with Crippen molar-refractivity contribution in [2.45, 2.75) is 39.3 Å². The van der Waals surface area contributed by atoms with E-state index in [1.165, 1.54) is 10.7 Å². The van der Waals surface area contributed by atoms with Gasteiger partial charge in [-0.1, -0.05) is 0 Å². The molecule has 8 nitrogen and oxygen atoms in total. The van der Waals surface area contributed by atoms with Crippen molar-refractivity contribution in [2.75, 3.05) is 32.1 Å².